The van der Waals surface area contributed by atoms with Gasteiger partial charge < -0.3 is 10.6 Å². The maximum atomic E-state index is 13.7. The van der Waals surface area contributed by atoms with Gasteiger partial charge in [-0.25, -0.2) is 4.39 Å². The minimum absolute atomic E-state index is 0.182. The lowest BCUT2D eigenvalue weighted by Crippen LogP contribution is -2.36. The number of halogens is 1. The molecule has 1 aliphatic heterocycles. The van der Waals surface area contributed by atoms with Gasteiger partial charge in [-0.3, -0.25) is 0 Å². The summed E-state index contributed by atoms with van der Waals surface area (Å²) >= 11 is 0. The highest BCUT2D eigenvalue weighted by molar-refractivity contribution is 5.20. The fourth-order valence-electron chi connectivity index (χ4n) is 3.10. The van der Waals surface area contributed by atoms with Crippen molar-refractivity contribution in [1.29, 1.82) is 0 Å². The van der Waals surface area contributed by atoms with Crippen LogP contribution in [0, 0.1) is 17.7 Å². The Kier molecular flexibility index (Phi) is 5.55. The van der Waals surface area contributed by atoms with Crippen LogP contribution in [0.4, 0.5) is 4.39 Å². The molecule has 1 aromatic carbocycles. The molecule has 20 heavy (non-hydrogen) atoms. The van der Waals surface area contributed by atoms with Gasteiger partial charge in [0.15, 0.2) is 0 Å². The Morgan fingerprint density at radius 2 is 1.90 bits per heavy atom. The molecule has 3 heteroatoms. The Balaban J connectivity index is 1.78. The summed E-state index contributed by atoms with van der Waals surface area (Å²) in [6.07, 6.45) is 3.40. The van der Waals surface area contributed by atoms with Crippen LogP contribution < -0.4 is 5.73 Å². The lowest BCUT2D eigenvalue weighted by Gasteiger charge is -2.34. The molecule has 2 N–H and O–H groups in total. The molecule has 1 fully saturated rings. The number of nitrogens with two attached hydrogens (primary N) is 1. The van der Waals surface area contributed by atoms with Crippen LogP contribution in [0.3, 0.4) is 0 Å². The molecule has 1 atom stereocenters. The van der Waals surface area contributed by atoms with Gasteiger partial charge in [-0.05, 0) is 56.8 Å². The summed E-state index contributed by atoms with van der Waals surface area (Å²) in [5, 5.41) is 0. The van der Waals surface area contributed by atoms with E-state index in [1.54, 1.807) is 12.1 Å². The van der Waals surface area contributed by atoms with Crippen LogP contribution >= 0.6 is 0 Å². The van der Waals surface area contributed by atoms with Gasteiger partial charge in [0.25, 0.3) is 0 Å². The maximum absolute atomic E-state index is 13.7. The Bertz CT molecular complexity index is 411. The van der Waals surface area contributed by atoms with E-state index >= 15 is 0 Å². The minimum atomic E-state index is -0.195. The summed E-state index contributed by atoms with van der Waals surface area (Å²) in [4.78, 5) is 2.47. The molecule has 1 saturated heterocycles. The van der Waals surface area contributed by atoms with E-state index in [0.717, 1.165) is 37.9 Å². The summed E-state index contributed by atoms with van der Waals surface area (Å²) in [6.45, 7) is 7.92. The normalized spacial score (nSPS) is 19.4. The number of hydrogen-bond acceptors (Lipinski definition) is 2. The SMILES string of the molecule is CC(C)C1CCN(CCC(N)c2ccccc2F)CC1. The fraction of sp³-hybridized carbons (Fsp3) is 0.647. The van der Waals surface area contributed by atoms with Crippen molar-refractivity contribution in [2.45, 2.75) is 39.2 Å². The molecule has 2 nitrogen and oxygen atoms in total. The number of rotatable bonds is 5. The number of hydrogen-bond donors (Lipinski definition) is 1. The molecule has 0 amide bonds. The Labute approximate surface area is 122 Å². The van der Waals surface area contributed by atoms with Crippen molar-refractivity contribution in [2.24, 2.45) is 17.6 Å². The van der Waals surface area contributed by atoms with Crippen LogP contribution in [0.25, 0.3) is 0 Å². The molecule has 0 aromatic heterocycles. The van der Waals surface area contributed by atoms with E-state index in [2.05, 4.69) is 18.7 Å². The van der Waals surface area contributed by atoms with Crippen molar-refractivity contribution in [2.75, 3.05) is 19.6 Å². The minimum Gasteiger partial charge on any atom is -0.324 e. The van der Waals surface area contributed by atoms with E-state index in [-0.39, 0.29) is 11.9 Å². The average molecular weight is 278 g/mol. The van der Waals surface area contributed by atoms with Gasteiger partial charge in [0.1, 0.15) is 5.82 Å². The van der Waals surface area contributed by atoms with Crippen molar-refractivity contribution in [3.63, 3.8) is 0 Å². The van der Waals surface area contributed by atoms with Gasteiger partial charge in [0.05, 0.1) is 0 Å². The fourth-order valence-corrected chi connectivity index (χ4v) is 3.10. The van der Waals surface area contributed by atoms with E-state index in [0.29, 0.717) is 5.56 Å². The van der Waals surface area contributed by atoms with Gasteiger partial charge in [0, 0.05) is 11.6 Å². The number of nitrogens with zero attached hydrogens (tertiary/aromatic N) is 1. The lowest BCUT2D eigenvalue weighted by atomic mass is 9.86. The van der Waals surface area contributed by atoms with Crippen LogP contribution in [0.2, 0.25) is 0 Å². The van der Waals surface area contributed by atoms with Crippen LogP contribution in [0.1, 0.15) is 44.7 Å². The van der Waals surface area contributed by atoms with E-state index < -0.39 is 0 Å². The molecule has 1 aromatic rings. The van der Waals surface area contributed by atoms with E-state index in [9.17, 15) is 4.39 Å². The van der Waals surface area contributed by atoms with Crippen LogP contribution in [0.5, 0.6) is 0 Å². The molecule has 0 saturated carbocycles. The first-order chi connectivity index (χ1) is 9.58. The van der Waals surface area contributed by atoms with Crippen LogP contribution in [-0.2, 0) is 0 Å². The first-order valence-corrected chi connectivity index (χ1v) is 7.80. The summed E-state index contributed by atoms with van der Waals surface area (Å²) in [5.41, 5.74) is 6.76. The molecule has 1 heterocycles. The number of likely N-dealkylation sites (tertiary alicyclic amines) is 1. The van der Waals surface area contributed by atoms with Gasteiger partial charge in [-0.1, -0.05) is 32.0 Å². The average Bonchev–Trinajstić information content (AvgIpc) is 2.45. The van der Waals surface area contributed by atoms with Gasteiger partial charge >= 0.3 is 0 Å². The highest BCUT2D eigenvalue weighted by Crippen LogP contribution is 2.25. The van der Waals surface area contributed by atoms with E-state index in [1.807, 2.05) is 6.07 Å². The summed E-state index contributed by atoms with van der Waals surface area (Å²) in [6, 6.07) is 6.65. The lowest BCUT2D eigenvalue weighted by molar-refractivity contribution is 0.154. The molecule has 0 radical (unpaired) electrons. The van der Waals surface area contributed by atoms with Gasteiger partial charge in [0.2, 0.25) is 0 Å². The standard InChI is InChI=1S/C17H27FN2/c1-13(2)14-7-10-20(11-8-14)12-9-17(19)15-5-3-4-6-16(15)18/h3-6,13-14,17H,7-12,19H2,1-2H3. The predicted octanol–water partition coefficient (Wildman–Crippen LogP) is 3.58. The third kappa shape index (κ3) is 4.03. The van der Waals surface area contributed by atoms with Crippen LogP contribution in [0.15, 0.2) is 24.3 Å². The molecule has 112 valence electrons. The zero-order chi connectivity index (χ0) is 14.5. The first-order valence-electron chi connectivity index (χ1n) is 7.80. The second-order valence-electron chi connectivity index (χ2n) is 6.34. The third-order valence-electron chi connectivity index (χ3n) is 4.64. The Morgan fingerprint density at radius 1 is 1.25 bits per heavy atom. The molecule has 0 aliphatic carbocycles. The number of benzene rings is 1. The zero-order valence-corrected chi connectivity index (χ0v) is 12.7. The second-order valence-corrected chi connectivity index (χ2v) is 6.34. The van der Waals surface area contributed by atoms with Crippen LogP contribution in [-0.4, -0.2) is 24.5 Å². The molecule has 1 unspecified atom stereocenters. The van der Waals surface area contributed by atoms with E-state index in [4.69, 9.17) is 5.73 Å². The van der Waals surface area contributed by atoms with Gasteiger partial charge in [-0.15, -0.1) is 0 Å². The largest absolute Gasteiger partial charge is 0.324 e. The van der Waals surface area contributed by atoms with Crippen molar-refractivity contribution in [3.8, 4) is 0 Å². The van der Waals surface area contributed by atoms with Crippen molar-refractivity contribution in [3.05, 3.63) is 35.6 Å². The predicted molar refractivity (Wildman–Crippen MR) is 81.9 cm³/mol. The van der Waals surface area contributed by atoms with Gasteiger partial charge in [-0.2, -0.15) is 0 Å². The maximum Gasteiger partial charge on any atom is 0.127 e. The second kappa shape index (κ2) is 7.19. The summed E-state index contributed by atoms with van der Waals surface area (Å²) in [5.74, 6) is 1.47. The Hall–Kier alpha value is -0.930. The summed E-state index contributed by atoms with van der Waals surface area (Å²) < 4.78 is 13.7. The molecular formula is C17H27FN2. The van der Waals surface area contributed by atoms with E-state index in [1.165, 1.54) is 18.9 Å². The summed E-state index contributed by atoms with van der Waals surface area (Å²) in [7, 11) is 0. The first kappa shape index (κ1) is 15.5. The number of piperidine rings is 1. The smallest absolute Gasteiger partial charge is 0.127 e. The third-order valence-corrected chi connectivity index (χ3v) is 4.64. The zero-order valence-electron chi connectivity index (χ0n) is 12.7. The topological polar surface area (TPSA) is 29.3 Å². The molecule has 0 bridgehead atoms. The highest BCUT2D eigenvalue weighted by atomic mass is 19.1. The molecule has 1 aliphatic rings. The quantitative estimate of drug-likeness (QED) is 0.892. The molecule has 0 spiro atoms. The Morgan fingerprint density at radius 3 is 2.50 bits per heavy atom. The highest BCUT2D eigenvalue weighted by Gasteiger charge is 2.22. The van der Waals surface area contributed by atoms with Crippen molar-refractivity contribution >= 4 is 0 Å². The van der Waals surface area contributed by atoms with Crippen molar-refractivity contribution in [1.82, 2.24) is 4.90 Å². The molecule has 2 rings (SSSR count). The van der Waals surface area contributed by atoms with Crippen molar-refractivity contribution < 1.29 is 4.39 Å². The molecular weight excluding hydrogens is 251 g/mol. The monoisotopic (exact) mass is 278 g/mol.